The number of halogens is 1. The molecule has 2 N–H and O–H groups in total. The van der Waals surface area contributed by atoms with E-state index in [1.807, 2.05) is 32.9 Å². The van der Waals surface area contributed by atoms with Crippen molar-refractivity contribution in [3.8, 4) is 0 Å². The Morgan fingerprint density at radius 2 is 2.10 bits per heavy atom. The van der Waals surface area contributed by atoms with Crippen LogP contribution in [0.15, 0.2) is 12.1 Å². The van der Waals surface area contributed by atoms with Gasteiger partial charge in [0.25, 0.3) is 0 Å². The topological polar surface area (TPSA) is 94.1 Å². The molecule has 0 aliphatic carbocycles. The van der Waals surface area contributed by atoms with Crippen molar-refractivity contribution < 1.29 is 23.9 Å². The number of carboxylic acid groups (broad SMARTS) is 1. The van der Waals surface area contributed by atoms with E-state index in [2.05, 4.69) is 4.72 Å². The van der Waals surface area contributed by atoms with Crippen LogP contribution in [0.4, 0.5) is 4.79 Å². The minimum atomic E-state index is -1.30. The van der Waals surface area contributed by atoms with E-state index >= 15 is 0 Å². The van der Waals surface area contributed by atoms with Gasteiger partial charge in [0.05, 0.1) is 19.3 Å². The average molecular weight is 459 g/mol. The molecule has 2 atom stereocenters. The number of carbonyl (C=O) groups is 1. The summed E-state index contributed by atoms with van der Waals surface area (Å²) in [7, 11) is 0. The third-order valence-corrected chi connectivity index (χ3v) is 7.21. The van der Waals surface area contributed by atoms with E-state index in [-0.39, 0.29) is 12.3 Å². The van der Waals surface area contributed by atoms with E-state index < -0.39 is 22.2 Å². The first-order chi connectivity index (χ1) is 14.1. The van der Waals surface area contributed by atoms with Gasteiger partial charge in [-0.1, -0.05) is 11.6 Å². The van der Waals surface area contributed by atoms with Crippen LogP contribution >= 0.6 is 11.6 Å². The number of ether oxygens (including phenoxy) is 2. The fraction of sp³-hybridized carbons (Fsp3) is 0.667. The number of hydrogen-bond donors (Lipinski definition) is 2. The first-order valence-electron chi connectivity index (χ1n) is 10.4. The Hall–Kier alpha value is -1.03. The average Bonchev–Trinajstić information content (AvgIpc) is 2.70. The van der Waals surface area contributed by atoms with Crippen molar-refractivity contribution in [3.63, 3.8) is 0 Å². The second kappa shape index (κ2) is 10.1. The molecule has 168 valence electrons. The fourth-order valence-electron chi connectivity index (χ4n) is 3.72. The molecule has 0 radical (unpaired) electrons. The van der Waals surface area contributed by atoms with Crippen molar-refractivity contribution in [3.05, 3.63) is 33.8 Å². The molecule has 30 heavy (non-hydrogen) atoms. The van der Waals surface area contributed by atoms with Gasteiger partial charge in [-0.3, -0.25) is 0 Å². The molecule has 1 aromatic rings. The minimum absolute atomic E-state index is 0.264. The standard InChI is InChI=1S/C21H31ClN2O5S/c1-21(2,3)30(27)23-18(5-6-19-28-9-4-10-29-19)16-12-15(22)11-14-7-8-24(20(25)26)13-17(14)16/h11-12,18-19,23H,4-10,13H2,1-3H3,(H,25,26). The van der Waals surface area contributed by atoms with Gasteiger partial charge in [-0.2, -0.15) is 0 Å². The molecule has 1 aromatic carbocycles. The maximum atomic E-state index is 12.9. The highest BCUT2D eigenvalue weighted by Crippen LogP contribution is 2.34. The normalized spacial score (nSPS) is 20.0. The zero-order chi connectivity index (χ0) is 21.9. The number of amides is 1. The lowest BCUT2D eigenvalue weighted by molar-refractivity contribution is -0.182. The summed E-state index contributed by atoms with van der Waals surface area (Å²) in [5, 5.41) is 10.1. The molecule has 2 heterocycles. The van der Waals surface area contributed by atoms with Crippen LogP contribution in [0.2, 0.25) is 5.02 Å². The lowest BCUT2D eigenvalue weighted by Crippen LogP contribution is -2.42. The molecular weight excluding hydrogens is 428 g/mol. The summed E-state index contributed by atoms with van der Waals surface area (Å²) in [4.78, 5) is 13.0. The Bertz CT molecular complexity index is 752. The highest BCUT2D eigenvalue weighted by atomic mass is 35.5. The molecule has 9 heteroatoms. The lowest BCUT2D eigenvalue weighted by Gasteiger charge is -2.33. The van der Waals surface area contributed by atoms with Gasteiger partial charge in [-0.05, 0) is 68.9 Å². The van der Waals surface area contributed by atoms with Crippen molar-refractivity contribution in [1.82, 2.24) is 9.62 Å². The maximum absolute atomic E-state index is 12.9. The minimum Gasteiger partial charge on any atom is -0.598 e. The largest absolute Gasteiger partial charge is 0.598 e. The Kier molecular flexibility index (Phi) is 7.92. The third-order valence-electron chi connectivity index (χ3n) is 5.38. The van der Waals surface area contributed by atoms with Crippen LogP contribution in [0.3, 0.4) is 0 Å². The predicted octanol–water partition coefficient (Wildman–Crippen LogP) is 4.01. The summed E-state index contributed by atoms with van der Waals surface area (Å²) in [5.41, 5.74) is 2.90. The van der Waals surface area contributed by atoms with E-state index in [0.29, 0.717) is 50.6 Å². The maximum Gasteiger partial charge on any atom is 0.407 e. The van der Waals surface area contributed by atoms with Crippen LogP contribution in [0, 0.1) is 0 Å². The second-order valence-electron chi connectivity index (χ2n) is 8.74. The summed E-state index contributed by atoms with van der Waals surface area (Å²) < 4.78 is 27.1. The molecule has 1 saturated heterocycles. The van der Waals surface area contributed by atoms with Gasteiger partial charge in [0.1, 0.15) is 4.75 Å². The first-order valence-corrected chi connectivity index (χ1v) is 11.9. The smallest absolute Gasteiger partial charge is 0.407 e. The van der Waals surface area contributed by atoms with Gasteiger partial charge in [0, 0.05) is 35.9 Å². The fourth-order valence-corrected chi connectivity index (χ4v) is 4.83. The van der Waals surface area contributed by atoms with Crippen LogP contribution in [0.25, 0.3) is 0 Å². The van der Waals surface area contributed by atoms with E-state index in [0.717, 1.165) is 23.1 Å². The lowest BCUT2D eigenvalue weighted by atomic mass is 9.90. The van der Waals surface area contributed by atoms with Gasteiger partial charge >= 0.3 is 6.09 Å². The van der Waals surface area contributed by atoms with Crippen LogP contribution in [0.5, 0.6) is 0 Å². The SMILES string of the molecule is CC(C)(C)[S+]([O-])NC(CCC1OCCCO1)c1cc(Cl)cc2c1CN(C(=O)O)CC2. The van der Waals surface area contributed by atoms with Gasteiger partial charge in [-0.15, -0.1) is 4.72 Å². The summed E-state index contributed by atoms with van der Waals surface area (Å²) in [5.74, 6) is 0. The zero-order valence-corrected chi connectivity index (χ0v) is 19.4. The summed E-state index contributed by atoms with van der Waals surface area (Å²) in [6.45, 7) is 7.85. The highest BCUT2D eigenvalue weighted by Gasteiger charge is 2.33. The number of fused-ring (bicyclic) bond motifs is 1. The molecule has 2 aliphatic rings. The Balaban J connectivity index is 1.89. The number of nitrogens with zero attached hydrogens (tertiary/aromatic N) is 1. The molecule has 1 fully saturated rings. The predicted molar refractivity (Wildman–Crippen MR) is 117 cm³/mol. The number of nitrogens with one attached hydrogen (secondary N) is 1. The molecule has 7 nitrogen and oxygen atoms in total. The quantitative estimate of drug-likeness (QED) is 0.625. The summed E-state index contributed by atoms with van der Waals surface area (Å²) >= 11 is 5.11. The molecule has 0 spiro atoms. The Labute approximate surface area is 186 Å². The molecule has 0 aromatic heterocycles. The molecule has 2 aliphatic heterocycles. The molecule has 0 saturated carbocycles. The zero-order valence-electron chi connectivity index (χ0n) is 17.8. The Morgan fingerprint density at radius 1 is 1.40 bits per heavy atom. The summed E-state index contributed by atoms with van der Waals surface area (Å²) in [6, 6.07) is 3.51. The number of hydrogen-bond acceptors (Lipinski definition) is 5. The molecule has 2 unspecified atom stereocenters. The van der Waals surface area contributed by atoms with E-state index in [9.17, 15) is 14.5 Å². The van der Waals surface area contributed by atoms with E-state index in [4.69, 9.17) is 21.1 Å². The molecular formula is C21H31ClN2O5S. The first kappa shape index (κ1) is 23.6. The van der Waals surface area contributed by atoms with Crippen molar-refractivity contribution in [1.29, 1.82) is 0 Å². The Morgan fingerprint density at radius 3 is 2.73 bits per heavy atom. The van der Waals surface area contributed by atoms with Gasteiger partial charge < -0.3 is 24.0 Å². The van der Waals surface area contributed by atoms with E-state index in [1.165, 1.54) is 4.90 Å². The molecule has 3 rings (SSSR count). The van der Waals surface area contributed by atoms with Crippen LogP contribution < -0.4 is 4.72 Å². The molecule has 0 bridgehead atoms. The van der Waals surface area contributed by atoms with E-state index in [1.54, 1.807) is 0 Å². The van der Waals surface area contributed by atoms with Gasteiger partial charge in [0.2, 0.25) is 0 Å². The number of benzene rings is 1. The molecule has 1 amide bonds. The van der Waals surface area contributed by atoms with Crippen LogP contribution in [0.1, 0.15) is 62.8 Å². The van der Waals surface area contributed by atoms with Crippen molar-refractivity contribution in [2.75, 3.05) is 19.8 Å². The van der Waals surface area contributed by atoms with Crippen molar-refractivity contribution in [2.24, 2.45) is 0 Å². The van der Waals surface area contributed by atoms with Gasteiger partial charge in [0.15, 0.2) is 6.29 Å². The number of rotatable bonds is 6. The highest BCUT2D eigenvalue weighted by molar-refractivity contribution is 7.90. The van der Waals surface area contributed by atoms with Crippen molar-refractivity contribution >= 4 is 29.1 Å². The van der Waals surface area contributed by atoms with Gasteiger partial charge in [-0.25, -0.2) is 4.79 Å². The van der Waals surface area contributed by atoms with Crippen LogP contribution in [-0.4, -0.2) is 51.4 Å². The second-order valence-corrected chi connectivity index (χ2v) is 11.2. The van der Waals surface area contributed by atoms with Crippen LogP contribution in [-0.2, 0) is 33.8 Å². The summed E-state index contributed by atoms with van der Waals surface area (Å²) in [6.07, 6.45) is 1.55. The van der Waals surface area contributed by atoms with Crippen molar-refractivity contribution in [2.45, 2.75) is 70.1 Å². The monoisotopic (exact) mass is 458 g/mol. The third kappa shape index (κ3) is 6.02.